The van der Waals surface area contributed by atoms with Crippen LogP contribution in [0, 0.1) is 35.5 Å². The molecule has 0 radical (unpaired) electrons. The van der Waals surface area contributed by atoms with E-state index in [-0.39, 0.29) is 18.3 Å². The Hall–Kier alpha value is -0.160. The molecule has 4 nitrogen and oxygen atoms in total. The van der Waals surface area contributed by atoms with Gasteiger partial charge in [0.1, 0.15) is 0 Å². The fraction of sp³-hybridized carbons (Fsp3) is 1.00. The van der Waals surface area contributed by atoms with Crippen molar-refractivity contribution in [2.75, 3.05) is 0 Å². The van der Waals surface area contributed by atoms with E-state index in [0.29, 0.717) is 0 Å². The van der Waals surface area contributed by atoms with Gasteiger partial charge in [0.2, 0.25) is 0 Å². The van der Waals surface area contributed by atoms with Crippen molar-refractivity contribution in [1.82, 2.24) is 4.90 Å². The van der Waals surface area contributed by atoms with Crippen molar-refractivity contribution in [3.05, 3.63) is 0 Å². The smallest absolute Gasteiger partial charge is 0.0540 e. The van der Waals surface area contributed by atoms with Gasteiger partial charge in [-0.1, -0.05) is 38.5 Å². The molecule has 0 aliphatic heterocycles. The Balaban J connectivity index is 0.976. The van der Waals surface area contributed by atoms with Crippen molar-refractivity contribution >= 4 is 0 Å². The topological polar surface area (TPSA) is 63.9 Å². The minimum Gasteiger partial charge on any atom is -0.393 e. The maximum atomic E-state index is 9.93. The molecule has 0 aromatic heterocycles. The zero-order valence-corrected chi connectivity index (χ0v) is 29.9. The van der Waals surface area contributed by atoms with Crippen LogP contribution in [0.1, 0.15) is 193 Å². The van der Waals surface area contributed by atoms with Gasteiger partial charge in [0.25, 0.3) is 0 Å². The zero-order chi connectivity index (χ0) is 31.7. The van der Waals surface area contributed by atoms with Crippen LogP contribution in [0.3, 0.4) is 0 Å². The maximum absolute atomic E-state index is 9.93. The second-order valence-electron chi connectivity index (χ2n) is 18.2. The molecule has 0 unspecified atom stereocenters. The Morgan fingerprint density at radius 1 is 0.261 bits per heavy atom. The molecular weight excluding hydrogens is 566 g/mol. The molecule has 6 fully saturated rings. The predicted molar refractivity (Wildman–Crippen MR) is 191 cm³/mol. The molecule has 6 rings (SSSR count). The molecule has 0 spiro atoms. The third-order valence-electron chi connectivity index (χ3n) is 15.1. The van der Waals surface area contributed by atoms with Gasteiger partial charge in [-0.15, -0.1) is 0 Å². The summed E-state index contributed by atoms with van der Waals surface area (Å²) in [6, 6.07) is 2.52. The summed E-state index contributed by atoms with van der Waals surface area (Å²) in [6.07, 6.45) is 40.0. The van der Waals surface area contributed by atoms with Crippen molar-refractivity contribution in [2.24, 2.45) is 35.5 Å². The monoisotopic (exact) mass is 642 g/mol. The summed E-state index contributed by atoms with van der Waals surface area (Å²) in [5, 5.41) is 29.8. The highest BCUT2D eigenvalue weighted by Gasteiger charge is 2.38. The third kappa shape index (κ3) is 10.7. The molecule has 4 heteroatoms. The van der Waals surface area contributed by atoms with Gasteiger partial charge in [-0.05, 0) is 190 Å². The number of aliphatic hydroxyl groups is 3. The first-order valence-electron chi connectivity index (χ1n) is 21.3. The molecule has 0 amide bonds. The average molecular weight is 642 g/mol. The van der Waals surface area contributed by atoms with Crippen molar-refractivity contribution < 1.29 is 15.3 Å². The van der Waals surface area contributed by atoms with Gasteiger partial charge in [0, 0.05) is 18.1 Å². The molecule has 0 aromatic carbocycles. The predicted octanol–water partition coefficient (Wildman–Crippen LogP) is 9.96. The minimum absolute atomic E-state index is 0.0124. The summed E-state index contributed by atoms with van der Waals surface area (Å²) < 4.78 is 0. The van der Waals surface area contributed by atoms with Crippen molar-refractivity contribution in [1.29, 1.82) is 0 Å². The van der Waals surface area contributed by atoms with Gasteiger partial charge in [0.15, 0.2) is 0 Å². The van der Waals surface area contributed by atoms with Crippen LogP contribution in [0.2, 0.25) is 0 Å². The molecule has 6 aliphatic carbocycles. The lowest BCUT2D eigenvalue weighted by molar-refractivity contribution is 0.000852. The van der Waals surface area contributed by atoms with E-state index in [1.165, 1.54) is 154 Å². The average Bonchev–Trinajstić information content (AvgIpc) is 3.09. The summed E-state index contributed by atoms with van der Waals surface area (Å²) in [5.41, 5.74) is 0. The number of nitrogens with zero attached hydrogens (tertiary/aromatic N) is 1. The number of rotatable bonds is 12. The lowest BCUT2D eigenvalue weighted by Crippen LogP contribution is -2.52. The first-order chi connectivity index (χ1) is 22.5. The first-order valence-corrected chi connectivity index (χ1v) is 21.3. The summed E-state index contributed by atoms with van der Waals surface area (Å²) in [5.74, 6) is 5.53. The molecule has 46 heavy (non-hydrogen) atoms. The highest BCUT2D eigenvalue weighted by molar-refractivity contribution is 4.93. The zero-order valence-electron chi connectivity index (χ0n) is 29.9. The molecule has 3 N–H and O–H groups in total. The fourth-order valence-corrected chi connectivity index (χ4v) is 11.8. The standard InChI is InChI=1S/C42H75NO3/c44-40-25-13-34(14-26-40)4-1-31-7-19-37(20-8-31)43(38-21-9-32(10-22-38)2-5-35-15-27-41(45)28-16-35)39-23-11-33(12-24-39)3-6-36-17-29-42(46)30-18-36/h31-42,44-46H,1-30H2. The van der Waals surface area contributed by atoms with Crippen LogP contribution in [-0.4, -0.2) is 56.7 Å². The van der Waals surface area contributed by atoms with E-state index in [0.717, 1.165) is 92.2 Å². The fourth-order valence-electron chi connectivity index (χ4n) is 11.8. The van der Waals surface area contributed by atoms with Crippen LogP contribution < -0.4 is 0 Å². The molecule has 0 atom stereocenters. The summed E-state index contributed by atoms with van der Waals surface area (Å²) in [6.45, 7) is 0. The Bertz CT molecular complexity index is 708. The van der Waals surface area contributed by atoms with E-state index >= 15 is 0 Å². The molecule has 6 aliphatic rings. The van der Waals surface area contributed by atoms with Gasteiger partial charge in [-0.25, -0.2) is 0 Å². The quantitative estimate of drug-likeness (QED) is 0.198. The SMILES string of the molecule is OC1CCC(CCC2CCC(N(C3CCC(CCC4CCC(O)CC4)CC3)C3CCC(CCC4CCC(O)CC4)CC3)CC2)CC1. The second kappa shape index (κ2) is 18.2. The molecule has 266 valence electrons. The Kier molecular flexibility index (Phi) is 14.1. The third-order valence-corrected chi connectivity index (χ3v) is 15.1. The van der Waals surface area contributed by atoms with Gasteiger partial charge < -0.3 is 15.3 Å². The summed E-state index contributed by atoms with van der Waals surface area (Å²) in [7, 11) is 0. The largest absolute Gasteiger partial charge is 0.393 e. The van der Waals surface area contributed by atoms with Gasteiger partial charge in [0.05, 0.1) is 18.3 Å². The minimum atomic E-state index is -0.0124. The van der Waals surface area contributed by atoms with E-state index in [9.17, 15) is 15.3 Å². The van der Waals surface area contributed by atoms with E-state index < -0.39 is 0 Å². The molecule has 0 heterocycles. The second-order valence-corrected chi connectivity index (χ2v) is 18.2. The molecule has 0 saturated heterocycles. The number of hydrogen-bond acceptors (Lipinski definition) is 4. The van der Waals surface area contributed by atoms with Crippen LogP contribution in [0.15, 0.2) is 0 Å². The maximum Gasteiger partial charge on any atom is 0.0540 e. The summed E-state index contributed by atoms with van der Waals surface area (Å²) in [4.78, 5) is 3.20. The van der Waals surface area contributed by atoms with Crippen LogP contribution in [0.4, 0.5) is 0 Å². The van der Waals surface area contributed by atoms with Gasteiger partial charge in [-0.2, -0.15) is 0 Å². The first kappa shape index (κ1) is 35.7. The normalized spacial score (nSPS) is 43.0. The Labute approximate surface area is 284 Å². The van der Waals surface area contributed by atoms with Crippen molar-refractivity contribution in [3.8, 4) is 0 Å². The lowest BCUT2D eigenvalue weighted by atomic mass is 9.74. The van der Waals surface area contributed by atoms with E-state index in [2.05, 4.69) is 4.90 Å². The lowest BCUT2D eigenvalue weighted by Gasteiger charge is -2.50. The van der Waals surface area contributed by atoms with E-state index in [1.54, 1.807) is 0 Å². The summed E-state index contributed by atoms with van der Waals surface area (Å²) >= 11 is 0. The van der Waals surface area contributed by atoms with Crippen molar-refractivity contribution in [3.63, 3.8) is 0 Å². The van der Waals surface area contributed by atoms with Crippen LogP contribution >= 0.6 is 0 Å². The molecule has 0 aromatic rings. The van der Waals surface area contributed by atoms with Crippen LogP contribution in [0.25, 0.3) is 0 Å². The molecule has 6 saturated carbocycles. The van der Waals surface area contributed by atoms with Crippen LogP contribution in [-0.2, 0) is 0 Å². The number of aliphatic hydroxyl groups excluding tert-OH is 3. The van der Waals surface area contributed by atoms with E-state index in [1.807, 2.05) is 0 Å². The van der Waals surface area contributed by atoms with Crippen LogP contribution in [0.5, 0.6) is 0 Å². The Morgan fingerprint density at radius 2 is 0.435 bits per heavy atom. The highest BCUT2D eigenvalue weighted by atomic mass is 16.3. The molecular formula is C42H75NO3. The van der Waals surface area contributed by atoms with Gasteiger partial charge >= 0.3 is 0 Å². The molecule has 0 bridgehead atoms. The Morgan fingerprint density at radius 3 is 0.630 bits per heavy atom. The van der Waals surface area contributed by atoms with Gasteiger partial charge in [-0.3, -0.25) is 4.90 Å². The van der Waals surface area contributed by atoms with Crippen molar-refractivity contribution in [2.45, 2.75) is 229 Å². The highest BCUT2D eigenvalue weighted by Crippen LogP contribution is 2.43. The number of hydrogen-bond donors (Lipinski definition) is 3. The van der Waals surface area contributed by atoms with E-state index in [4.69, 9.17) is 0 Å².